The predicted octanol–water partition coefficient (Wildman–Crippen LogP) is 3.97. The van der Waals surface area contributed by atoms with Gasteiger partial charge in [-0.05, 0) is 54.9 Å². The van der Waals surface area contributed by atoms with Crippen molar-refractivity contribution in [1.82, 2.24) is 4.90 Å². The molecule has 1 atom stereocenters. The molecule has 2 aromatic rings. The lowest BCUT2D eigenvalue weighted by Gasteiger charge is -2.25. The molecule has 0 heterocycles. The fraction of sp³-hybridized carbons (Fsp3) is 0.455. The number of hydrogen-bond acceptors (Lipinski definition) is 3. The molecule has 0 aromatic heterocycles. The second-order valence-corrected chi connectivity index (χ2v) is 7.48. The molecule has 0 saturated heterocycles. The Hall–Kier alpha value is -1.84. The number of aliphatic hydroxyl groups excluding tert-OH is 1. The van der Waals surface area contributed by atoms with Crippen molar-refractivity contribution in [2.24, 2.45) is 5.92 Å². The van der Waals surface area contributed by atoms with E-state index < -0.39 is 6.10 Å². The van der Waals surface area contributed by atoms with Gasteiger partial charge < -0.3 is 9.84 Å². The van der Waals surface area contributed by atoms with Gasteiger partial charge >= 0.3 is 0 Å². The van der Waals surface area contributed by atoms with Crippen LogP contribution in [0.1, 0.15) is 25.7 Å². The van der Waals surface area contributed by atoms with E-state index >= 15 is 0 Å². The fourth-order valence-electron chi connectivity index (χ4n) is 3.33. The molecule has 132 valence electrons. The predicted molar refractivity (Wildman–Crippen MR) is 101 cm³/mol. The highest BCUT2D eigenvalue weighted by Gasteiger charge is 2.34. The summed E-state index contributed by atoms with van der Waals surface area (Å²) < 4.78 is 5.80. The number of hydrogen-bond donors (Lipinski definition) is 1. The lowest BCUT2D eigenvalue weighted by atomic mass is 10.1. The maximum absolute atomic E-state index is 10.4. The number of aliphatic hydroxyl groups is 1. The Balaban J connectivity index is 1.27. The van der Waals surface area contributed by atoms with Crippen LogP contribution in [0.15, 0.2) is 54.6 Å². The van der Waals surface area contributed by atoms with Gasteiger partial charge in [0.1, 0.15) is 18.5 Å². The van der Waals surface area contributed by atoms with Gasteiger partial charge in [-0.1, -0.05) is 42.5 Å². The first-order chi connectivity index (χ1) is 12.3. The second kappa shape index (κ2) is 7.59. The highest BCUT2D eigenvalue weighted by Crippen LogP contribution is 2.34. The Labute approximate surface area is 150 Å². The molecule has 1 unspecified atom stereocenters. The largest absolute Gasteiger partial charge is 0.491 e. The van der Waals surface area contributed by atoms with E-state index in [0.29, 0.717) is 12.6 Å². The average Bonchev–Trinajstić information content (AvgIpc) is 3.54. The van der Waals surface area contributed by atoms with Crippen molar-refractivity contribution in [2.75, 3.05) is 19.7 Å². The van der Waals surface area contributed by atoms with Crippen molar-refractivity contribution < 1.29 is 9.84 Å². The molecule has 2 aliphatic rings. The molecule has 3 heteroatoms. The van der Waals surface area contributed by atoms with Crippen molar-refractivity contribution in [3.63, 3.8) is 0 Å². The molecule has 0 amide bonds. The van der Waals surface area contributed by atoms with Crippen molar-refractivity contribution in [2.45, 2.75) is 37.8 Å². The molecule has 3 nitrogen and oxygen atoms in total. The van der Waals surface area contributed by atoms with Crippen LogP contribution in [0.3, 0.4) is 0 Å². The first kappa shape index (κ1) is 16.6. The minimum Gasteiger partial charge on any atom is -0.491 e. The Morgan fingerprint density at radius 3 is 2.24 bits per heavy atom. The Bertz CT molecular complexity index is 662. The highest BCUT2D eigenvalue weighted by atomic mass is 16.5. The smallest absolute Gasteiger partial charge is 0.119 e. The lowest BCUT2D eigenvalue weighted by Crippen LogP contribution is -2.38. The van der Waals surface area contributed by atoms with E-state index in [2.05, 4.69) is 29.2 Å². The summed E-state index contributed by atoms with van der Waals surface area (Å²) in [6.07, 6.45) is 4.89. The third-order valence-corrected chi connectivity index (χ3v) is 5.10. The topological polar surface area (TPSA) is 32.7 Å². The van der Waals surface area contributed by atoms with Crippen LogP contribution in [0.25, 0.3) is 11.1 Å². The van der Waals surface area contributed by atoms with Gasteiger partial charge in [0.25, 0.3) is 0 Å². The minimum absolute atomic E-state index is 0.360. The molecule has 0 spiro atoms. The van der Waals surface area contributed by atoms with Gasteiger partial charge in [-0.2, -0.15) is 0 Å². The zero-order valence-electron chi connectivity index (χ0n) is 14.7. The summed E-state index contributed by atoms with van der Waals surface area (Å²) in [6, 6.07) is 19.1. The molecule has 4 rings (SSSR count). The molecule has 2 saturated carbocycles. The van der Waals surface area contributed by atoms with Crippen molar-refractivity contribution in [3.05, 3.63) is 54.6 Å². The SMILES string of the molecule is OC(COc1ccc(-c2ccccc2)cc1)CN(CC1CC1)C1CC1. The van der Waals surface area contributed by atoms with Crippen LogP contribution in [0.4, 0.5) is 0 Å². The lowest BCUT2D eigenvalue weighted by molar-refractivity contribution is 0.0637. The van der Waals surface area contributed by atoms with Gasteiger partial charge in [0.05, 0.1) is 0 Å². The van der Waals surface area contributed by atoms with Gasteiger partial charge in [-0.3, -0.25) is 4.90 Å². The third kappa shape index (κ3) is 4.83. The molecule has 0 bridgehead atoms. The maximum Gasteiger partial charge on any atom is 0.119 e. The van der Waals surface area contributed by atoms with E-state index in [1.807, 2.05) is 30.3 Å². The van der Waals surface area contributed by atoms with E-state index in [1.54, 1.807) is 0 Å². The van der Waals surface area contributed by atoms with Crippen LogP contribution < -0.4 is 4.74 Å². The summed E-state index contributed by atoms with van der Waals surface area (Å²) in [5.41, 5.74) is 2.38. The van der Waals surface area contributed by atoms with E-state index in [-0.39, 0.29) is 0 Å². The summed E-state index contributed by atoms with van der Waals surface area (Å²) in [5, 5.41) is 10.4. The fourth-order valence-corrected chi connectivity index (χ4v) is 3.33. The van der Waals surface area contributed by atoms with Crippen molar-refractivity contribution in [1.29, 1.82) is 0 Å². The van der Waals surface area contributed by atoms with Crippen molar-refractivity contribution >= 4 is 0 Å². The van der Waals surface area contributed by atoms with E-state index in [4.69, 9.17) is 4.74 Å². The van der Waals surface area contributed by atoms with Crippen LogP contribution in [-0.2, 0) is 0 Å². The molecular weight excluding hydrogens is 310 g/mol. The van der Waals surface area contributed by atoms with Crippen molar-refractivity contribution in [3.8, 4) is 16.9 Å². The quantitative estimate of drug-likeness (QED) is 0.751. The molecule has 25 heavy (non-hydrogen) atoms. The van der Waals surface area contributed by atoms with Gasteiger partial charge in [0.2, 0.25) is 0 Å². The highest BCUT2D eigenvalue weighted by molar-refractivity contribution is 5.63. The van der Waals surface area contributed by atoms with Crippen LogP contribution >= 0.6 is 0 Å². The van der Waals surface area contributed by atoms with Crippen LogP contribution in [0.5, 0.6) is 5.75 Å². The standard InChI is InChI=1S/C22H27NO2/c24-21(15-23(20-10-11-20)14-17-6-7-17)16-25-22-12-8-19(9-13-22)18-4-2-1-3-5-18/h1-5,8-9,12-13,17,20-21,24H,6-7,10-11,14-16H2. The van der Waals surface area contributed by atoms with E-state index in [1.165, 1.54) is 36.8 Å². The Morgan fingerprint density at radius 2 is 1.60 bits per heavy atom. The molecule has 2 aliphatic carbocycles. The monoisotopic (exact) mass is 337 g/mol. The number of benzene rings is 2. The summed E-state index contributed by atoms with van der Waals surface area (Å²) >= 11 is 0. The van der Waals surface area contributed by atoms with Gasteiger partial charge in [0, 0.05) is 19.1 Å². The van der Waals surface area contributed by atoms with Crippen LogP contribution in [-0.4, -0.2) is 41.8 Å². The zero-order chi connectivity index (χ0) is 17.1. The van der Waals surface area contributed by atoms with E-state index in [9.17, 15) is 5.11 Å². The average molecular weight is 337 g/mol. The first-order valence-electron chi connectivity index (χ1n) is 9.48. The number of ether oxygens (including phenoxy) is 1. The molecule has 0 radical (unpaired) electrons. The Kier molecular flexibility index (Phi) is 5.04. The zero-order valence-corrected chi connectivity index (χ0v) is 14.7. The molecule has 2 aromatic carbocycles. The number of nitrogens with zero attached hydrogens (tertiary/aromatic N) is 1. The summed E-state index contributed by atoms with van der Waals surface area (Å²) in [7, 11) is 0. The van der Waals surface area contributed by atoms with Gasteiger partial charge in [0.15, 0.2) is 0 Å². The normalized spacial score (nSPS) is 18.3. The first-order valence-corrected chi connectivity index (χ1v) is 9.48. The van der Waals surface area contributed by atoms with E-state index in [0.717, 1.165) is 24.8 Å². The Morgan fingerprint density at radius 1 is 0.920 bits per heavy atom. The van der Waals surface area contributed by atoms with Crippen LogP contribution in [0, 0.1) is 5.92 Å². The molecular formula is C22H27NO2. The summed E-state index contributed by atoms with van der Waals surface area (Å²) in [4.78, 5) is 2.48. The maximum atomic E-state index is 10.4. The van der Waals surface area contributed by atoms with Gasteiger partial charge in [-0.15, -0.1) is 0 Å². The minimum atomic E-state index is -0.423. The third-order valence-electron chi connectivity index (χ3n) is 5.10. The number of rotatable bonds is 9. The summed E-state index contributed by atoms with van der Waals surface area (Å²) in [6.45, 7) is 2.26. The second-order valence-electron chi connectivity index (χ2n) is 7.48. The molecule has 0 aliphatic heterocycles. The van der Waals surface area contributed by atoms with Crippen LogP contribution in [0.2, 0.25) is 0 Å². The molecule has 1 N–H and O–H groups in total. The summed E-state index contributed by atoms with van der Waals surface area (Å²) in [5.74, 6) is 1.69. The molecule has 2 fully saturated rings. The van der Waals surface area contributed by atoms with Gasteiger partial charge in [-0.25, -0.2) is 0 Å².